The Morgan fingerprint density at radius 2 is 2.29 bits per heavy atom. The fourth-order valence-corrected chi connectivity index (χ4v) is 1.19. The Kier molecular flexibility index (Phi) is 5.00. The van der Waals surface area contributed by atoms with Crippen LogP contribution in [0.15, 0.2) is 18.3 Å². The lowest BCUT2D eigenvalue weighted by Gasteiger charge is -2.05. The van der Waals surface area contributed by atoms with Crippen LogP contribution in [-0.2, 0) is 6.54 Å². The maximum atomic E-state index is 5.51. The summed E-state index contributed by atoms with van der Waals surface area (Å²) >= 11 is 0. The van der Waals surface area contributed by atoms with E-state index in [1.165, 1.54) is 12.8 Å². The van der Waals surface area contributed by atoms with Crippen molar-refractivity contribution in [3.05, 3.63) is 23.9 Å². The maximum absolute atomic E-state index is 5.51. The highest BCUT2D eigenvalue weighted by Crippen LogP contribution is 2.09. The number of nitrogens with zero attached hydrogens (tertiary/aromatic N) is 1. The monoisotopic (exact) mass is 194 g/mol. The second kappa shape index (κ2) is 6.38. The molecule has 1 aromatic rings. The molecule has 0 amide bonds. The summed E-state index contributed by atoms with van der Waals surface area (Å²) in [6.45, 7) is 3.45. The van der Waals surface area contributed by atoms with Crippen molar-refractivity contribution in [1.82, 2.24) is 4.98 Å². The number of hydrogen-bond acceptors (Lipinski definition) is 3. The molecule has 3 nitrogen and oxygen atoms in total. The fourth-order valence-electron chi connectivity index (χ4n) is 1.19. The van der Waals surface area contributed by atoms with Crippen LogP contribution in [0, 0.1) is 0 Å². The van der Waals surface area contributed by atoms with Crippen LogP contribution in [0.2, 0.25) is 0 Å². The number of pyridine rings is 1. The third-order valence-corrected chi connectivity index (χ3v) is 2.03. The number of ether oxygens (including phenoxy) is 1. The third kappa shape index (κ3) is 3.75. The first-order chi connectivity index (χ1) is 6.86. The standard InChI is InChI=1S/C11H18N2O/c1-2-3-4-7-14-11-8-10(9-12)5-6-13-11/h5-6,8H,2-4,7,9,12H2,1H3. The van der Waals surface area contributed by atoms with E-state index in [0.29, 0.717) is 12.4 Å². The predicted molar refractivity (Wildman–Crippen MR) is 57.1 cm³/mol. The molecule has 78 valence electrons. The van der Waals surface area contributed by atoms with E-state index in [0.717, 1.165) is 18.6 Å². The molecule has 3 heteroatoms. The Morgan fingerprint density at radius 3 is 3.00 bits per heavy atom. The van der Waals surface area contributed by atoms with Gasteiger partial charge in [0.25, 0.3) is 0 Å². The molecular formula is C11H18N2O. The summed E-state index contributed by atoms with van der Waals surface area (Å²) in [6.07, 6.45) is 5.23. The van der Waals surface area contributed by atoms with Crippen LogP contribution in [0.5, 0.6) is 5.88 Å². The predicted octanol–water partition coefficient (Wildman–Crippen LogP) is 2.11. The van der Waals surface area contributed by atoms with Crippen LogP contribution in [0.3, 0.4) is 0 Å². The Hall–Kier alpha value is -1.09. The largest absolute Gasteiger partial charge is 0.478 e. The first-order valence-corrected chi connectivity index (χ1v) is 5.14. The van der Waals surface area contributed by atoms with Gasteiger partial charge in [0.15, 0.2) is 0 Å². The van der Waals surface area contributed by atoms with Crippen molar-refractivity contribution in [1.29, 1.82) is 0 Å². The number of aromatic nitrogens is 1. The summed E-state index contributed by atoms with van der Waals surface area (Å²) in [4.78, 5) is 4.11. The average Bonchev–Trinajstić information content (AvgIpc) is 2.25. The molecule has 0 radical (unpaired) electrons. The lowest BCUT2D eigenvalue weighted by Crippen LogP contribution is -2.01. The first kappa shape index (κ1) is 11.0. The van der Waals surface area contributed by atoms with Crippen molar-refractivity contribution in [2.75, 3.05) is 6.61 Å². The zero-order valence-electron chi connectivity index (χ0n) is 8.70. The first-order valence-electron chi connectivity index (χ1n) is 5.14. The number of rotatable bonds is 6. The molecule has 1 rings (SSSR count). The highest BCUT2D eigenvalue weighted by Gasteiger charge is 1.96. The van der Waals surface area contributed by atoms with Gasteiger partial charge >= 0.3 is 0 Å². The number of unbranched alkanes of at least 4 members (excludes halogenated alkanes) is 2. The Bertz CT molecular complexity index is 263. The zero-order valence-corrected chi connectivity index (χ0v) is 8.70. The normalized spacial score (nSPS) is 10.1. The van der Waals surface area contributed by atoms with E-state index in [4.69, 9.17) is 10.5 Å². The van der Waals surface area contributed by atoms with Crippen molar-refractivity contribution < 1.29 is 4.74 Å². The minimum absolute atomic E-state index is 0.536. The molecule has 0 aliphatic rings. The van der Waals surface area contributed by atoms with Gasteiger partial charge < -0.3 is 10.5 Å². The Labute approximate surface area is 85.3 Å². The van der Waals surface area contributed by atoms with Gasteiger partial charge in [-0.2, -0.15) is 0 Å². The second-order valence-corrected chi connectivity index (χ2v) is 3.26. The molecule has 0 atom stereocenters. The van der Waals surface area contributed by atoms with E-state index < -0.39 is 0 Å². The van der Waals surface area contributed by atoms with Gasteiger partial charge in [-0.15, -0.1) is 0 Å². The van der Waals surface area contributed by atoms with Gasteiger partial charge in [-0.05, 0) is 18.1 Å². The van der Waals surface area contributed by atoms with Crippen molar-refractivity contribution in [2.45, 2.75) is 32.7 Å². The van der Waals surface area contributed by atoms with Crippen molar-refractivity contribution in [2.24, 2.45) is 5.73 Å². The molecular weight excluding hydrogens is 176 g/mol. The summed E-state index contributed by atoms with van der Waals surface area (Å²) < 4.78 is 5.48. The summed E-state index contributed by atoms with van der Waals surface area (Å²) in [5.41, 5.74) is 6.57. The fraction of sp³-hybridized carbons (Fsp3) is 0.545. The van der Waals surface area contributed by atoms with Crippen LogP contribution >= 0.6 is 0 Å². The van der Waals surface area contributed by atoms with Gasteiger partial charge in [-0.3, -0.25) is 0 Å². The molecule has 0 saturated heterocycles. The molecule has 1 heterocycles. The summed E-state index contributed by atoms with van der Waals surface area (Å²) in [5, 5.41) is 0. The smallest absolute Gasteiger partial charge is 0.213 e. The van der Waals surface area contributed by atoms with Crippen LogP contribution in [0.25, 0.3) is 0 Å². The summed E-state index contributed by atoms with van der Waals surface area (Å²) in [5.74, 6) is 0.684. The van der Waals surface area contributed by atoms with Crippen LogP contribution < -0.4 is 10.5 Å². The topological polar surface area (TPSA) is 48.1 Å². The Balaban J connectivity index is 2.34. The highest BCUT2D eigenvalue weighted by atomic mass is 16.5. The van der Waals surface area contributed by atoms with Crippen LogP contribution in [-0.4, -0.2) is 11.6 Å². The minimum Gasteiger partial charge on any atom is -0.478 e. The van der Waals surface area contributed by atoms with Gasteiger partial charge in [-0.25, -0.2) is 4.98 Å². The molecule has 0 aromatic carbocycles. The molecule has 0 aliphatic carbocycles. The van der Waals surface area contributed by atoms with E-state index in [2.05, 4.69) is 11.9 Å². The number of nitrogens with two attached hydrogens (primary N) is 1. The van der Waals surface area contributed by atoms with Gasteiger partial charge in [-0.1, -0.05) is 19.8 Å². The van der Waals surface area contributed by atoms with E-state index in [9.17, 15) is 0 Å². The SMILES string of the molecule is CCCCCOc1cc(CN)ccn1. The van der Waals surface area contributed by atoms with Gasteiger partial charge in [0.2, 0.25) is 5.88 Å². The number of hydrogen-bond donors (Lipinski definition) is 1. The van der Waals surface area contributed by atoms with Gasteiger partial charge in [0.05, 0.1) is 6.61 Å². The van der Waals surface area contributed by atoms with E-state index >= 15 is 0 Å². The van der Waals surface area contributed by atoms with Crippen LogP contribution in [0.4, 0.5) is 0 Å². The van der Waals surface area contributed by atoms with E-state index in [-0.39, 0.29) is 0 Å². The maximum Gasteiger partial charge on any atom is 0.213 e. The van der Waals surface area contributed by atoms with Gasteiger partial charge in [0.1, 0.15) is 0 Å². The molecule has 0 fully saturated rings. The lowest BCUT2D eigenvalue weighted by atomic mass is 10.2. The highest BCUT2D eigenvalue weighted by molar-refractivity contribution is 5.19. The van der Waals surface area contributed by atoms with E-state index in [1.807, 2.05) is 12.1 Å². The average molecular weight is 194 g/mol. The lowest BCUT2D eigenvalue weighted by molar-refractivity contribution is 0.294. The molecule has 0 saturated carbocycles. The molecule has 2 N–H and O–H groups in total. The third-order valence-electron chi connectivity index (χ3n) is 2.03. The molecule has 14 heavy (non-hydrogen) atoms. The molecule has 0 unspecified atom stereocenters. The molecule has 1 aromatic heterocycles. The van der Waals surface area contributed by atoms with Crippen molar-refractivity contribution in [3.8, 4) is 5.88 Å². The summed E-state index contributed by atoms with van der Waals surface area (Å²) in [7, 11) is 0. The summed E-state index contributed by atoms with van der Waals surface area (Å²) in [6, 6.07) is 3.80. The van der Waals surface area contributed by atoms with E-state index in [1.54, 1.807) is 6.20 Å². The zero-order chi connectivity index (χ0) is 10.2. The van der Waals surface area contributed by atoms with Crippen molar-refractivity contribution in [3.63, 3.8) is 0 Å². The molecule has 0 spiro atoms. The second-order valence-electron chi connectivity index (χ2n) is 3.26. The minimum atomic E-state index is 0.536. The van der Waals surface area contributed by atoms with Crippen LogP contribution in [0.1, 0.15) is 31.7 Å². The molecule has 0 aliphatic heterocycles. The molecule has 0 bridgehead atoms. The van der Waals surface area contributed by atoms with Gasteiger partial charge in [0, 0.05) is 18.8 Å². The Morgan fingerprint density at radius 1 is 1.43 bits per heavy atom. The quantitative estimate of drug-likeness (QED) is 0.705. The van der Waals surface area contributed by atoms with Crippen molar-refractivity contribution >= 4 is 0 Å².